The van der Waals surface area contributed by atoms with Crippen LogP contribution in [0.25, 0.3) is 0 Å². The fourth-order valence-electron chi connectivity index (χ4n) is 2.60. The first kappa shape index (κ1) is 11.5. The summed E-state index contributed by atoms with van der Waals surface area (Å²) in [5.41, 5.74) is 1.55. The van der Waals surface area contributed by atoms with Crippen LogP contribution in [0.15, 0.2) is 10.5 Å². The highest BCUT2D eigenvalue weighted by Gasteiger charge is 2.29. The summed E-state index contributed by atoms with van der Waals surface area (Å²) in [5.74, 6) is 1.32. The summed E-state index contributed by atoms with van der Waals surface area (Å²) in [4.78, 5) is 2.95. The van der Waals surface area contributed by atoms with E-state index >= 15 is 0 Å². The third kappa shape index (κ3) is 2.39. The molecule has 2 aromatic rings. The van der Waals surface area contributed by atoms with Crippen LogP contribution in [-0.2, 0) is 19.4 Å². The molecule has 2 heterocycles. The number of rotatable bonds is 4. The van der Waals surface area contributed by atoms with Crippen LogP contribution in [-0.4, -0.2) is 10.2 Å². The number of aryl methyl sites for hydroxylation is 2. The zero-order chi connectivity index (χ0) is 12.7. The van der Waals surface area contributed by atoms with Crippen LogP contribution < -0.4 is 5.32 Å². The minimum atomic E-state index is 0.525. The highest BCUT2D eigenvalue weighted by molar-refractivity contribution is 7.12. The molecule has 2 aliphatic rings. The van der Waals surface area contributed by atoms with Gasteiger partial charge >= 0.3 is 6.01 Å². The van der Waals surface area contributed by atoms with Crippen molar-refractivity contribution in [1.29, 1.82) is 0 Å². The molecule has 2 aliphatic carbocycles. The molecule has 5 heteroatoms. The minimum Gasteiger partial charge on any atom is -0.408 e. The molecular weight excluding hydrogens is 258 g/mol. The first-order valence-corrected chi connectivity index (χ1v) is 7.88. The molecule has 4 nitrogen and oxygen atoms in total. The molecule has 0 saturated heterocycles. The molecule has 0 spiro atoms. The molecule has 2 aromatic heterocycles. The lowest BCUT2D eigenvalue weighted by Crippen LogP contribution is -1.97. The molecular formula is C14H17N3OS. The SMILES string of the molecule is c1c(CNc2nnc(C3CC3)o2)sc2c1CCCC2. The van der Waals surface area contributed by atoms with Gasteiger partial charge in [-0.25, -0.2) is 0 Å². The second-order valence-electron chi connectivity index (χ2n) is 5.44. The zero-order valence-corrected chi connectivity index (χ0v) is 11.6. The number of hydrogen-bond donors (Lipinski definition) is 1. The summed E-state index contributed by atoms with van der Waals surface area (Å²) < 4.78 is 5.60. The molecule has 0 aromatic carbocycles. The molecule has 0 bridgehead atoms. The second kappa shape index (κ2) is 4.63. The smallest absolute Gasteiger partial charge is 0.315 e. The van der Waals surface area contributed by atoms with E-state index in [1.54, 1.807) is 10.4 Å². The van der Waals surface area contributed by atoms with Crippen molar-refractivity contribution in [3.8, 4) is 0 Å². The quantitative estimate of drug-likeness (QED) is 0.928. The van der Waals surface area contributed by atoms with Crippen LogP contribution in [0.1, 0.15) is 52.8 Å². The largest absolute Gasteiger partial charge is 0.408 e. The molecule has 0 atom stereocenters. The Bertz CT molecular complexity index is 562. The maximum absolute atomic E-state index is 5.60. The predicted octanol–water partition coefficient (Wildman–Crippen LogP) is 3.50. The van der Waals surface area contributed by atoms with E-state index in [0.29, 0.717) is 11.9 Å². The highest BCUT2D eigenvalue weighted by atomic mass is 32.1. The van der Waals surface area contributed by atoms with Gasteiger partial charge in [-0.1, -0.05) is 5.10 Å². The third-order valence-electron chi connectivity index (χ3n) is 3.83. The van der Waals surface area contributed by atoms with Gasteiger partial charge in [0.05, 0.1) is 6.54 Å². The van der Waals surface area contributed by atoms with Gasteiger partial charge in [-0.05, 0) is 50.2 Å². The Morgan fingerprint density at radius 3 is 3.00 bits per heavy atom. The van der Waals surface area contributed by atoms with Crippen molar-refractivity contribution in [1.82, 2.24) is 10.2 Å². The van der Waals surface area contributed by atoms with E-state index in [1.165, 1.54) is 43.4 Å². The maximum Gasteiger partial charge on any atom is 0.315 e. The van der Waals surface area contributed by atoms with E-state index in [-0.39, 0.29) is 0 Å². The minimum absolute atomic E-state index is 0.525. The summed E-state index contributed by atoms with van der Waals surface area (Å²) in [6.45, 7) is 0.796. The summed E-state index contributed by atoms with van der Waals surface area (Å²) in [7, 11) is 0. The number of aromatic nitrogens is 2. The lowest BCUT2D eigenvalue weighted by atomic mass is 9.99. The Morgan fingerprint density at radius 2 is 2.16 bits per heavy atom. The van der Waals surface area contributed by atoms with Gasteiger partial charge in [-0.15, -0.1) is 16.4 Å². The molecule has 0 amide bonds. The molecule has 1 N–H and O–H groups in total. The van der Waals surface area contributed by atoms with Crippen LogP contribution in [0.2, 0.25) is 0 Å². The van der Waals surface area contributed by atoms with Crippen LogP contribution in [0.4, 0.5) is 6.01 Å². The number of nitrogens with one attached hydrogen (secondary N) is 1. The van der Waals surface area contributed by atoms with Gasteiger partial charge in [0.1, 0.15) is 0 Å². The Morgan fingerprint density at radius 1 is 1.26 bits per heavy atom. The third-order valence-corrected chi connectivity index (χ3v) is 5.07. The Balaban J connectivity index is 1.41. The Labute approximate surface area is 116 Å². The number of thiophene rings is 1. The first-order valence-electron chi connectivity index (χ1n) is 7.06. The lowest BCUT2D eigenvalue weighted by Gasteiger charge is -2.08. The van der Waals surface area contributed by atoms with Gasteiger partial charge in [0.2, 0.25) is 5.89 Å². The summed E-state index contributed by atoms with van der Waals surface area (Å²) in [6.07, 6.45) is 7.57. The number of nitrogens with zero attached hydrogens (tertiary/aromatic N) is 2. The van der Waals surface area contributed by atoms with Crippen molar-refractivity contribution >= 4 is 17.4 Å². The van der Waals surface area contributed by atoms with E-state index in [1.807, 2.05) is 11.3 Å². The van der Waals surface area contributed by atoms with Gasteiger partial charge in [0, 0.05) is 15.7 Å². The fraction of sp³-hybridized carbons (Fsp3) is 0.571. The standard InChI is InChI=1S/C14H17N3OS/c1-2-4-12-10(3-1)7-11(19-12)8-15-14-17-16-13(18-14)9-5-6-9/h7,9H,1-6,8H2,(H,15,17). The molecule has 0 aliphatic heterocycles. The van der Waals surface area contributed by atoms with Crippen LogP contribution in [0, 0.1) is 0 Å². The van der Waals surface area contributed by atoms with Crippen LogP contribution in [0.5, 0.6) is 0 Å². The Hall–Kier alpha value is -1.36. The average Bonchev–Trinajstić information content (AvgIpc) is 3.03. The highest BCUT2D eigenvalue weighted by Crippen LogP contribution is 2.39. The van der Waals surface area contributed by atoms with Crippen LogP contribution in [0.3, 0.4) is 0 Å². The van der Waals surface area contributed by atoms with Crippen molar-refractivity contribution in [2.75, 3.05) is 5.32 Å². The van der Waals surface area contributed by atoms with Crippen molar-refractivity contribution in [2.45, 2.75) is 51.0 Å². The summed E-state index contributed by atoms with van der Waals surface area (Å²) in [6, 6.07) is 2.90. The zero-order valence-electron chi connectivity index (χ0n) is 10.8. The Kier molecular flexibility index (Phi) is 2.80. The van der Waals surface area contributed by atoms with Gasteiger partial charge in [0.15, 0.2) is 0 Å². The van der Waals surface area contributed by atoms with Gasteiger partial charge < -0.3 is 9.73 Å². The molecule has 4 rings (SSSR count). The van der Waals surface area contributed by atoms with E-state index in [2.05, 4.69) is 21.6 Å². The monoisotopic (exact) mass is 275 g/mol. The van der Waals surface area contributed by atoms with E-state index in [4.69, 9.17) is 4.42 Å². The lowest BCUT2D eigenvalue weighted by molar-refractivity contribution is 0.507. The van der Waals surface area contributed by atoms with E-state index in [9.17, 15) is 0 Å². The van der Waals surface area contributed by atoms with E-state index < -0.39 is 0 Å². The molecule has 19 heavy (non-hydrogen) atoms. The van der Waals surface area contributed by atoms with Gasteiger partial charge in [0.25, 0.3) is 0 Å². The number of hydrogen-bond acceptors (Lipinski definition) is 5. The predicted molar refractivity (Wildman–Crippen MR) is 74.6 cm³/mol. The van der Waals surface area contributed by atoms with Crippen molar-refractivity contribution in [3.05, 3.63) is 27.3 Å². The average molecular weight is 275 g/mol. The molecule has 1 saturated carbocycles. The topological polar surface area (TPSA) is 51.0 Å². The van der Waals surface area contributed by atoms with Crippen molar-refractivity contribution in [3.63, 3.8) is 0 Å². The maximum atomic E-state index is 5.60. The normalized spacial score (nSPS) is 18.3. The van der Waals surface area contributed by atoms with Crippen LogP contribution >= 0.6 is 11.3 Å². The molecule has 1 fully saturated rings. The number of anilines is 1. The summed E-state index contributed by atoms with van der Waals surface area (Å²) in [5, 5.41) is 11.4. The number of fused-ring (bicyclic) bond motifs is 1. The molecule has 0 unspecified atom stereocenters. The molecule has 0 radical (unpaired) electrons. The second-order valence-corrected chi connectivity index (χ2v) is 6.66. The fourth-order valence-corrected chi connectivity index (χ4v) is 3.80. The summed E-state index contributed by atoms with van der Waals surface area (Å²) >= 11 is 1.93. The van der Waals surface area contributed by atoms with Crippen molar-refractivity contribution < 1.29 is 4.42 Å². The van der Waals surface area contributed by atoms with Gasteiger partial charge in [-0.3, -0.25) is 0 Å². The van der Waals surface area contributed by atoms with E-state index in [0.717, 1.165) is 12.4 Å². The van der Waals surface area contributed by atoms with Crippen molar-refractivity contribution in [2.24, 2.45) is 0 Å². The van der Waals surface area contributed by atoms with Gasteiger partial charge in [-0.2, -0.15) is 0 Å². The first-order chi connectivity index (χ1) is 9.38. The molecule has 100 valence electrons.